The number of hydrogen-bond acceptors (Lipinski definition) is 4. The lowest BCUT2D eigenvalue weighted by Crippen LogP contribution is -2.42. The van der Waals surface area contributed by atoms with Gasteiger partial charge in [0.2, 0.25) is 0 Å². The van der Waals surface area contributed by atoms with Crippen molar-refractivity contribution in [1.82, 2.24) is 10.2 Å². The summed E-state index contributed by atoms with van der Waals surface area (Å²) in [5.41, 5.74) is 1.12. The highest BCUT2D eigenvalue weighted by Crippen LogP contribution is 2.30. The number of nitrogens with zero attached hydrogens (tertiary/aromatic N) is 1. The lowest BCUT2D eigenvalue weighted by molar-refractivity contribution is -0.0404. The Labute approximate surface area is 131 Å². The number of benzene rings is 1. The predicted octanol–water partition coefficient (Wildman–Crippen LogP) is 2.30. The van der Waals surface area contributed by atoms with E-state index in [9.17, 15) is 0 Å². The summed E-state index contributed by atoms with van der Waals surface area (Å²) in [6.07, 6.45) is 2.67. The van der Waals surface area contributed by atoms with Crippen molar-refractivity contribution in [2.24, 2.45) is 0 Å². The van der Waals surface area contributed by atoms with Gasteiger partial charge in [0.15, 0.2) is 0 Å². The van der Waals surface area contributed by atoms with Crippen LogP contribution in [0.15, 0.2) is 18.2 Å². The number of likely N-dealkylation sites (N-methyl/N-ethyl adjacent to an activating group) is 1. The molecular formula is C16H23ClN2O2. The molecule has 1 aliphatic heterocycles. The van der Waals surface area contributed by atoms with Gasteiger partial charge in [0.1, 0.15) is 18.5 Å². The fraction of sp³-hybridized carbons (Fsp3) is 0.625. The molecule has 3 rings (SSSR count). The third-order valence-corrected chi connectivity index (χ3v) is 4.26. The lowest BCUT2D eigenvalue weighted by atomic mass is 10.2. The van der Waals surface area contributed by atoms with Crippen LogP contribution in [0.1, 0.15) is 18.4 Å². The third-order valence-electron chi connectivity index (χ3n) is 3.96. The first-order chi connectivity index (χ1) is 10.2. The monoisotopic (exact) mass is 310 g/mol. The summed E-state index contributed by atoms with van der Waals surface area (Å²) in [4.78, 5) is 2.26. The Hall–Kier alpha value is -0.810. The van der Waals surface area contributed by atoms with Gasteiger partial charge in [-0.3, -0.25) is 0 Å². The molecular weight excluding hydrogens is 288 g/mol. The van der Waals surface area contributed by atoms with E-state index < -0.39 is 0 Å². The summed E-state index contributed by atoms with van der Waals surface area (Å²) < 4.78 is 11.7. The van der Waals surface area contributed by atoms with Gasteiger partial charge in [-0.05, 0) is 26.0 Å². The van der Waals surface area contributed by atoms with Gasteiger partial charge < -0.3 is 19.7 Å². The molecule has 2 aliphatic rings. The molecule has 1 saturated carbocycles. The van der Waals surface area contributed by atoms with Crippen molar-refractivity contribution in [3.8, 4) is 5.75 Å². The minimum absolute atomic E-state index is 0.115. The predicted molar refractivity (Wildman–Crippen MR) is 84.0 cm³/mol. The standard InChI is InChI=1S/C16H23ClN2O2/c1-19-7-8-20-14(10-19)11-21-16-12(3-2-4-15(16)17)9-18-13-5-6-13/h2-4,13-14,18H,5-11H2,1H3. The topological polar surface area (TPSA) is 33.7 Å². The molecule has 1 atom stereocenters. The normalized spacial score (nSPS) is 23.2. The summed E-state index contributed by atoms with van der Waals surface area (Å²) in [6.45, 7) is 4.01. The van der Waals surface area contributed by atoms with Crippen molar-refractivity contribution in [3.63, 3.8) is 0 Å². The Bertz CT molecular complexity index is 479. The summed E-state index contributed by atoms with van der Waals surface area (Å²) >= 11 is 6.30. The van der Waals surface area contributed by atoms with E-state index >= 15 is 0 Å². The molecule has 0 aromatic heterocycles. The van der Waals surface area contributed by atoms with E-state index in [1.165, 1.54) is 12.8 Å². The van der Waals surface area contributed by atoms with Crippen molar-refractivity contribution in [2.75, 3.05) is 33.4 Å². The van der Waals surface area contributed by atoms with Gasteiger partial charge in [-0.25, -0.2) is 0 Å². The minimum atomic E-state index is 0.115. The Kier molecular flexibility index (Phi) is 5.01. The average Bonchev–Trinajstić information content (AvgIpc) is 3.28. The van der Waals surface area contributed by atoms with Gasteiger partial charge in [0.05, 0.1) is 11.6 Å². The molecule has 1 unspecified atom stereocenters. The number of halogens is 1. The number of ether oxygens (including phenoxy) is 2. The highest BCUT2D eigenvalue weighted by Gasteiger charge is 2.22. The van der Waals surface area contributed by atoms with E-state index in [2.05, 4.69) is 23.3 Å². The summed E-state index contributed by atoms with van der Waals surface area (Å²) in [7, 11) is 2.11. The number of morpholine rings is 1. The van der Waals surface area contributed by atoms with Gasteiger partial charge >= 0.3 is 0 Å². The second kappa shape index (κ2) is 6.97. The van der Waals surface area contributed by atoms with Crippen molar-refractivity contribution >= 4 is 11.6 Å². The molecule has 116 valence electrons. The number of rotatable bonds is 6. The molecule has 4 nitrogen and oxygen atoms in total. The third kappa shape index (κ3) is 4.33. The van der Waals surface area contributed by atoms with Crippen LogP contribution in [0.3, 0.4) is 0 Å². The minimum Gasteiger partial charge on any atom is -0.489 e. The number of para-hydroxylation sites is 1. The Morgan fingerprint density at radius 1 is 1.43 bits per heavy atom. The Balaban J connectivity index is 1.59. The first-order valence-corrected chi connectivity index (χ1v) is 8.04. The van der Waals surface area contributed by atoms with Crippen LogP contribution in [-0.4, -0.2) is 50.4 Å². The lowest BCUT2D eigenvalue weighted by Gasteiger charge is -2.30. The Morgan fingerprint density at radius 3 is 3.05 bits per heavy atom. The number of hydrogen-bond donors (Lipinski definition) is 1. The molecule has 1 aromatic rings. The van der Waals surface area contributed by atoms with E-state index in [1.54, 1.807) is 0 Å². The maximum Gasteiger partial charge on any atom is 0.142 e. The second-order valence-corrected chi connectivity index (χ2v) is 6.36. The van der Waals surface area contributed by atoms with Crippen molar-refractivity contribution in [3.05, 3.63) is 28.8 Å². The molecule has 1 saturated heterocycles. The second-order valence-electron chi connectivity index (χ2n) is 5.95. The largest absolute Gasteiger partial charge is 0.489 e. The van der Waals surface area contributed by atoms with Gasteiger partial charge in [0.25, 0.3) is 0 Å². The maximum absolute atomic E-state index is 6.30. The summed E-state index contributed by atoms with van der Waals surface area (Å²) in [5.74, 6) is 0.796. The molecule has 2 fully saturated rings. The molecule has 0 bridgehead atoms. The van der Waals surface area contributed by atoms with Crippen molar-refractivity contribution in [2.45, 2.75) is 31.5 Å². The molecule has 1 heterocycles. The molecule has 0 radical (unpaired) electrons. The summed E-state index contributed by atoms with van der Waals surface area (Å²) in [6, 6.07) is 6.60. The van der Waals surface area contributed by atoms with Crippen LogP contribution < -0.4 is 10.1 Å². The summed E-state index contributed by atoms with van der Waals surface area (Å²) in [5, 5.41) is 4.18. The van der Waals surface area contributed by atoms with Crippen LogP contribution in [0.4, 0.5) is 0 Å². The molecule has 1 N–H and O–H groups in total. The number of nitrogens with one attached hydrogen (secondary N) is 1. The quantitative estimate of drug-likeness (QED) is 0.874. The van der Waals surface area contributed by atoms with Crippen molar-refractivity contribution in [1.29, 1.82) is 0 Å². The van der Waals surface area contributed by atoms with Crippen LogP contribution in [0.25, 0.3) is 0 Å². The van der Waals surface area contributed by atoms with E-state index in [1.807, 2.05) is 12.1 Å². The first-order valence-electron chi connectivity index (χ1n) is 7.66. The van der Waals surface area contributed by atoms with Gasteiger partial charge in [-0.1, -0.05) is 23.7 Å². The molecule has 0 amide bonds. The van der Waals surface area contributed by atoms with Crippen LogP contribution >= 0.6 is 11.6 Å². The van der Waals surface area contributed by atoms with Crippen LogP contribution in [0.2, 0.25) is 5.02 Å². The fourth-order valence-corrected chi connectivity index (χ4v) is 2.79. The molecule has 1 aromatic carbocycles. The van der Waals surface area contributed by atoms with Crippen molar-refractivity contribution < 1.29 is 9.47 Å². The smallest absolute Gasteiger partial charge is 0.142 e. The zero-order valence-electron chi connectivity index (χ0n) is 12.5. The van der Waals surface area contributed by atoms with E-state index in [-0.39, 0.29) is 6.10 Å². The highest BCUT2D eigenvalue weighted by molar-refractivity contribution is 6.32. The molecule has 1 aliphatic carbocycles. The highest BCUT2D eigenvalue weighted by atomic mass is 35.5. The Morgan fingerprint density at radius 2 is 2.29 bits per heavy atom. The molecule has 5 heteroatoms. The van der Waals surface area contributed by atoms with Gasteiger partial charge in [-0.15, -0.1) is 0 Å². The van der Waals surface area contributed by atoms with Gasteiger partial charge in [0, 0.05) is 31.2 Å². The van der Waals surface area contributed by atoms with E-state index in [4.69, 9.17) is 21.1 Å². The van der Waals surface area contributed by atoms with Crippen LogP contribution in [-0.2, 0) is 11.3 Å². The molecule has 21 heavy (non-hydrogen) atoms. The van der Waals surface area contributed by atoms with Crippen LogP contribution in [0, 0.1) is 0 Å². The van der Waals surface area contributed by atoms with Gasteiger partial charge in [-0.2, -0.15) is 0 Å². The molecule has 0 spiro atoms. The van der Waals surface area contributed by atoms with Crippen LogP contribution in [0.5, 0.6) is 5.75 Å². The maximum atomic E-state index is 6.30. The SMILES string of the molecule is CN1CCOC(COc2c(Cl)cccc2CNC2CC2)C1. The zero-order valence-corrected chi connectivity index (χ0v) is 13.2. The average molecular weight is 311 g/mol. The fourth-order valence-electron chi connectivity index (χ4n) is 2.54. The first kappa shape index (κ1) is 15.1. The van der Waals surface area contributed by atoms with E-state index in [0.29, 0.717) is 17.7 Å². The zero-order chi connectivity index (χ0) is 14.7. The van der Waals surface area contributed by atoms with E-state index in [0.717, 1.165) is 37.6 Å².